The van der Waals surface area contributed by atoms with Gasteiger partial charge in [-0.15, -0.1) is 0 Å². The zero-order chi connectivity index (χ0) is 13.9. The first-order chi connectivity index (χ1) is 9.72. The number of aromatic nitrogens is 1. The van der Waals surface area contributed by atoms with Crippen LogP contribution in [0.3, 0.4) is 0 Å². The monoisotopic (exact) mass is 265 g/mol. The number of rotatable bonds is 3. The van der Waals surface area contributed by atoms with Gasteiger partial charge in [0.2, 0.25) is 0 Å². The molecule has 0 spiro atoms. The van der Waals surface area contributed by atoms with Gasteiger partial charge in [-0.1, -0.05) is 36.4 Å². The number of fused-ring (bicyclic) bond motifs is 1. The molecule has 0 aliphatic rings. The highest BCUT2D eigenvalue weighted by molar-refractivity contribution is 6.08. The number of hydrogen-bond donors (Lipinski definition) is 1. The molecule has 0 bridgehead atoms. The van der Waals surface area contributed by atoms with Crippen molar-refractivity contribution >= 4 is 23.0 Å². The SMILES string of the molecule is O=C(C=Cc1ccccc1)c1ccc2[nH]c(=O)oc2c1. The maximum Gasteiger partial charge on any atom is 0.417 e. The van der Waals surface area contributed by atoms with Crippen LogP contribution >= 0.6 is 0 Å². The van der Waals surface area contributed by atoms with E-state index in [0.717, 1.165) is 5.56 Å². The molecule has 0 aliphatic carbocycles. The maximum absolute atomic E-state index is 12.1. The van der Waals surface area contributed by atoms with E-state index < -0.39 is 5.76 Å². The molecule has 1 aromatic heterocycles. The molecule has 1 N–H and O–H groups in total. The van der Waals surface area contributed by atoms with Crippen molar-refractivity contribution in [2.75, 3.05) is 0 Å². The quantitative estimate of drug-likeness (QED) is 0.585. The third-order valence-electron chi connectivity index (χ3n) is 2.93. The predicted octanol–water partition coefficient (Wildman–Crippen LogP) is 3.02. The van der Waals surface area contributed by atoms with Gasteiger partial charge in [-0.3, -0.25) is 9.78 Å². The van der Waals surface area contributed by atoms with Gasteiger partial charge < -0.3 is 4.42 Å². The van der Waals surface area contributed by atoms with Crippen LogP contribution in [0, 0.1) is 0 Å². The fourth-order valence-electron chi connectivity index (χ4n) is 1.93. The van der Waals surface area contributed by atoms with Crippen LogP contribution in [0.25, 0.3) is 17.2 Å². The van der Waals surface area contributed by atoms with Gasteiger partial charge in [0.05, 0.1) is 5.52 Å². The van der Waals surface area contributed by atoms with Gasteiger partial charge in [0.15, 0.2) is 11.4 Å². The molecule has 0 amide bonds. The van der Waals surface area contributed by atoms with E-state index in [4.69, 9.17) is 4.42 Å². The summed E-state index contributed by atoms with van der Waals surface area (Å²) < 4.78 is 4.93. The average Bonchev–Trinajstić information content (AvgIpc) is 2.85. The lowest BCUT2D eigenvalue weighted by molar-refractivity contribution is 0.104. The van der Waals surface area contributed by atoms with Gasteiger partial charge in [-0.05, 0) is 29.8 Å². The van der Waals surface area contributed by atoms with Crippen LogP contribution in [0.4, 0.5) is 0 Å². The number of oxazole rings is 1. The van der Waals surface area contributed by atoms with Crippen molar-refractivity contribution in [3.05, 3.63) is 76.3 Å². The van der Waals surface area contributed by atoms with E-state index in [9.17, 15) is 9.59 Å². The Bertz CT molecular complexity index is 841. The van der Waals surface area contributed by atoms with E-state index in [0.29, 0.717) is 16.7 Å². The number of aromatic amines is 1. The zero-order valence-electron chi connectivity index (χ0n) is 10.5. The highest BCUT2D eigenvalue weighted by Crippen LogP contribution is 2.13. The minimum atomic E-state index is -0.524. The summed E-state index contributed by atoms with van der Waals surface area (Å²) in [5.74, 6) is -0.663. The number of hydrogen-bond acceptors (Lipinski definition) is 3. The van der Waals surface area contributed by atoms with Crippen molar-refractivity contribution in [2.24, 2.45) is 0 Å². The van der Waals surface area contributed by atoms with Gasteiger partial charge in [0.25, 0.3) is 0 Å². The van der Waals surface area contributed by atoms with Crippen molar-refractivity contribution in [2.45, 2.75) is 0 Å². The predicted molar refractivity (Wildman–Crippen MR) is 76.6 cm³/mol. The Morgan fingerprint density at radius 1 is 1.10 bits per heavy atom. The lowest BCUT2D eigenvalue weighted by Crippen LogP contribution is -1.93. The van der Waals surface area contributed by atoms with E-state index in [-0.39, 0.29) is 5.78 Å². The van der Waals surface area contributed by atoms with Crippen LogP contribution in [-0.2, 0) is 0 Å². The minimum Gasteiger partial charge on any atom is -0.408 e. The van der Waals surface area contributed by atoms with Crippen LogP contribution in [0.2, 0.25) is 0 Å². The Kier molecular flexibility index (Phi) is 3.05. The van der Waals surface area contributed by atoms with E-state index in [1.54, 1.807) is 24.3 Å². The van der Waals surface area contributed by atoms with Gasteiger partial charge >= 0.3 is 5.76 Å². The van der Waals surface area contributed by atoms with Gasteiger partial charge in [0, 0.05) is 5.56 Å². The molecule has 0 saturated heterocycles. The fraction of sp³-hybridized carbons (Fsp3) is 0. The van der Waals surface area contributed by atoms with Crippen molar-refractivity contribution in [3.63, 3.8) is 0 Å². The molecular weight excluding hydrogens is 254 g/mol. The standard InChI is InChI=1S/C16H11NO3/c18-14(9-6-11-4-2-1-3-5-11)12-7-8-13-15(10-12)20-16(19)17-13/h1-10H,(H,17,19). The first kappa shape index (κ1) is 12.2. The Labute approximate surface area is 114 Å². The van der Waals surface area contributed by atoms with Crippen molar-refractivity contribution < 1.29 is 9.21 Å². The molecule has 0 atom stereocenters. The molecule has 20 heavy (non-hydrogen) atoms. The molecule has 4 nitrogen and oxygen atoms in total. The van der Waals surface area contributed by atoms with Gasteiger partial charge in [-0.25, -0.2) is 4.79 Å². The number of nitrogens with one attached hydrogen (secondary N) is 1. The summed E-state index contributed by atoms with van der Waals surface area (Å²) in [7, 11) is 0. The third kappa shape index (κ3) is 2.44. The van der Waals surface area contributed by atoms with Crippen molar-refractivity contribution in [3.8, 4) is 0 Å². The Morgan fingerprint density at radius 2 is 1.90 bits per heavy atom. The summed E-state index contributed by atoms with van der Waals surface area (Å²) in [4.78, 5) is 25.6. The molecule has 98 valence electrons. The number of allylic oxidation sites excluding steroid dienone is 1. The highest BCUT2D eigenvalue weighted by Gasteiger charge is 2.06. The minimum absolute atomic E-state index is 0.139. The first-order valence-electron chi connectivity index (χ1n) is 6.13. The number of H-pyrrole nitrogens is 1. The average molecular weight is 265 g/mol. The normalized spacial score (nSPS) is 11.2. The summed E-state index contributed by atoms with van der Waals surface area (Å²) in [5, 5.41) is 0. The summed E-state index contributed by atoms with van der Waals surface area (Å²) in [6.07, 6.45) is 3.25. The van der Waals surface area contributed by atoms with Crippen molar-refractivity contribution in [1.82, 2.24) is 4.98 Å². The molecule has 3 rings (SSSR count). The van der Waals surface area contributed by atoms with Gasteiger partial charge in [-0.2, -0.15) is 0 Å². The van der Waals surface area contributed by atoms with E-state index in [1.807, 2.05) is 30.3 Å². The number of benzene rings is 2. The molecule has 0 aliphatic heterocycles. The van der Waals surface area contributed by atoms with Crippen molar-refractivity contribution in [1.29, 1.82) is 0 Å². The van der Waals surface area contributed by atoms with Gasteiger partial charge in [0.1, 0.15) is 0 Å². The topological polar surface area (TPSA) is 63.1 Å². The molecule has 0 unspecified atom stereocenters. The largest absolute Gasteiger partial charge is 0.417 e. The number of ketones is 1. The maximum atomic E-state index is 12.1. The molecule has 1 heterocycles. The summed E-state index contributed by atoms with van der Waals surface area (Å²) >= 11 is 0. The smallest absolute Gasteiger partial charge is 0.408 e. The number of carbonyl (C=O) groups excluding carboxylic acids is 1. The Balaban J connectivity index is 1.88. The zero-order valence-corrected chi connectivity index (χ0v) is 10.5. The van der Waals surface area contributed by atoms with E-state index in [2.05, 4.69) is 4.98 Å². The second-order valence-corrected chi connectivity index (χ2v) is 4.33. The summed E-state index contributed by atoms with van der Waals surface area (Å²) in [6, 6.07) is 14.4. The molecule has 0 saturated carbocycles. The molecular formula is C16H11NO3. The van der Waals surface area contributed by atoms with E-state index in [1.165, 1.54) is 6.08 Å². The Hall–Kier alpha value is -2.88. The Morgan fingerprint density at radius 3 is 2.70 bits per heavy atom. The second-order valence-electron chi connectivity index (χ2n) is 4.33. The van der Waals surface area contributed by atoms with Crippen LogP contribution in [0.15, 0.2) is 63.8 Å². The molecule has 0 radical (unpaired) electrons. The fourth-order valence-corrected chi connectivity index (χ4v) is 1.93. The third-order valence-corrected chi connectivity index (χ3v) is 2.93. The molecule has 3 aromatic rings. The second kappa shape index (κ2) is 5.01. The highest BCUT2D eigenvalue weighted by atomic mass is 16.4. The summed E-state index contributed by atoms with van der Waals surface area (Å²) in [6.45, 7) is 0. The number of carbonyl (C=O) groups is 1. The molecule has 4 heteroatoms. The first-order valence-corrected chi connectivity index (χ1v) is 6.13. The lowest BCUT2D eigenvalue weighted by Gasteiger charge is -1.95. The van der Waals surface area contributed by atoms with Crippen LogP contribution in [0.1, 0.15) is 15.9 Å². The van der Waals surface area contributed by atoms with E-state index >= 15 is 0 Å². The summed E-state index contributed by atoms with van der Waals surface area (Å²) in [5.41, 5.74) is 2.40. The van der Waals surface area contributed by atoms with Crippen LogP contribution in [0.5, 0.6) is 0 Å². The van der Waals surface area contributed by atoms with Crippen LogP contribution < -0.4 is 5.76 Å². The molecule has 2 aromatic carbocycles. The van der Waals surface area contributed by atoms with Crippen LogP contribution in [-0.4, -0.2) is 10.8 Å². The lowest BCUT2D eigenvalue weighted by atomic mass is 10.1. The molecule has 0 fully saturated rings.